The second-order valence-corrected chi connectivity index (χ2v) is 9.80. The SMILES string of the molecule is CC(C)C(NC(=O)C(CCC(=O)O)NC(=O)C(N)Cc1c[nH]c2ccccc12)C(=O)NC(CCC(N)=O)C(=O)O. The Hall–Kier alpha value is -4.46. The Morgan fingerprint density at radius 2 is 1.50 bits per heavy atom. The first-order valence-corrected chi connectivity index (χ1v) is 12.7. The van der Waals surface area contributed by atoms with Crippen LogP contribution >= 0.6 is 0 Å². The van der Waals surface area contributed by atoms with Gasteiger partial charge in [-0.05, 0) is 36.8 Å². The third-order valence-electron chi connectivity index (χ3n) is 6.27. The first-order valence-electron chi connectivity index (χ1n) is 12.7. The van der Waals surface area contributed by atoms with Gasteiger partial charge in [-0.15, -0.1) is 0 Å². The number of fused-ring (bicyclic) bond motifs is 1. The molecule has 4 atom stereocenters. The van der Waals surface area contributed by atoms with Crippen LogP contribution in [0.2, 0.25) is 0 Å². The van der Waals surface area contributed by atoms with E-state index in [1.54, 1.807) is 20.0 Å². The van der Waals surface area contributed by atoms with E-state index in [9.17, 15) is 33.9 Å². The van der Waals surface area contributed by atoms with Crippen molar-refractivity contribution in [3.8, 4) is 0 Å². The second-order valence-electron chi connectivity index (χ2n) is 9.80. The van der Waals surface area contributed by atoms with Crippen molar-refractivity contribution in [2.24, 2.45) is 17.4 Å². The fraction of sp³-hybridized carbons (Fsp3) is 0.462. The number of nitrogens with one attached hydrogen (secondary N) is 4. The number of H-pyrrole nitrogens is 1. The molecule has 0 aliphatic rings. The summed E-state index contributed by atoms with van der Waals surface area (Å²) in [6, 6.07) is 2.38. The Morgan fingerprint density at radius 1 is 0.875 bits per heavy atom. The van der Waals surface area contributed by atoms with Crippen LogP contribution in [-0.2, 0) is 35.2 Å². The minimum atomic E-state index is -1.43. The normalized spacial score (nSPS) is 14.1. The first kappa shape index (κ1) is 31.8. The standard InChI is InChI=1S/C26H36N6O8/c1-13(2)22(25(38)31-19(26(39)40)7-9-20(28)33)32-24(37)18(8-10-21(34)35)30-23(36)16(27)11-14-12-29-17-6-4-3-5-15(14)17/h3-6,12-13,16,18-19,22,29H,7-11,27H2,1-2H3,(H2,28,33)(H,30,36)(H,31,38)(H,32,37)(H,34,35)(H,39,40). The Labute approximate surface area is 230 Å². The van der Waals surface area contributed by atoms with Crippen molar-refractivity contribution in [1.29, 1.82) is 0 Å². The van der Waals surface area contributed by atoms with Crippen molar-refractivity contribution in [2.45, 2.75) is 70.1 Å². The van der Waals surface area contributed by atoms with Crippen LogP contribution < -0.4 is 27.4 Å². The third kappa shape index (κ3) is 9.38. The molecular weight excluding hydrogens is 524 g/mol. The number of benzene rings is 1. The van der Waals surface area contributed by atoms with Crippen molar-refractivity contribution in [3.05, 3.63) is 36.0 Å². The van der Waals surface area contributed by atoms with Gasteiger partial charge in [0.25, 0.3) is 0 Å². The summed E-state index contributed by atoms with van der Waals surface area (Å²) in [7, 11) is 0. The maximum Gasteiger partial charge on any atom is 0.326 e. The number of carbonyl (C=O) groups is 6. The first-order chi connectivity index (χ1) is 18.8. The fourth-order valence-electron chi connectivity index (χ4n) is 4.04. The summed E-state index contributed by atoms with van der Waals surface area (Å²) in [6.45, 7) is 3.21. The number of rotatable bonds is 16. The number of carboxylic acids is 2. The van der Waals surface area contributed by atoms with Crippen molar-refractivity contribution >= 4 is 46.5 Å². The van der Waals surface area contributed by atoms with Gasteiger partial charge in [0.2, 0.25) is 23.6 Å². The van der Waals surface area contributed by atoms with Gasteiger partial charge in [-0.3, -0.25) is 24.0 Å². The third-order valence-corrected chi connectivity index (χ3v) is 6.27. The van der Waals surface area contributed by atoms with Crippen molar-refractivity contribution in [3.63, 3.8) is 0 Å². The van der Waals surface area contributed by atoms with E-state index >= 15 is 0 Å². The van der Waals surface area contributed by atoms with Gasteiger partial charge in [0.1, 0.15) is 18.1 Å². The van der Waals surface area contributed by atoms with E-state index in [0.29, 0.717) is 0 Å². The van der Waals surface area contributed by atoms with Gasteiger partial charge in [0.05, 0.1) is 6.04 Å². The lowest BCUT2D eigenvalue weighted by molar-refractivity contribution is -0.143. The largest absolute Gasteiger partial charge is 0.481 e. The van der Waals surface area contributed by atoms with Crippen molar-refractivity contribution in [2.75, 3.05) is 0 Å². The Morgan fingerprint density at radius 3 is 2.10 bits per heavy atom. The molecule has 0 saturated heterocycles. The van der Waals surface area contributed by atoms with Crippen LogP contribution in [-0.4, -0.2) is 74.9 Å². The predicted octanol–water partition coefficient (Wildman–Crippen LogP) is -0.637. The molecule has 14 heteroatoms. The minimum Gasteiger partial charge on any atom is -0.481 e. The summed E-state index contributed by atoms with van der Waals surface area (Å²) in [5.41, 5.74) is 12.8. The molecule has 40 heavy (non-hydrogen) atoms. The average Bonchev–Trinajstić information content (AvgIpc) is 3.29. The molecule has 0 spiro atoms. The fourth-order valence-corrected chi connectivity index (χ4v) is 4.04. The summed E-state index contributed by atoms with van der Waals surface area (Å²) in [5.74, 6) is -6.22. The molecule has 1 aromatic heterocycles. The highest BCUT2D eigenvalue weighted by atomic mass is 16.4. The van der Waals surface area contributed by atoms with Gasteiger partial charge < -0.3 is 42.6 Å². The second kappa shape index (κ2) is 14.6. The lowest BCUT2D eigenvalue weighted by Crippen LogP contribution is -2.58. The van der Waals surface area contributed by atoms with E-state index in [2.05, 4.69) is 20.9 Å². The number of nitrogens with two attached hydrogens (primary N) is 2. The average molecular weight is 561 g/mol. The quantitative estimate of drug-likeness (QED) is 0.130. The Balaban J connectivity index is 2.13. The molecule has 1 heterocycles. The molecule has 2 rings (SSSR count). The molecule has 0 saturated carbocycles. The van der Waals surface area contributed by atoms with Crippen LogP contribution in [0.4, 0.5) is 0 Å². The van der Waals surface area contributed by atoms with E-state index in [0.717, 1.165) is 16.5 Å². The van der Waals surface area contributed by atoms with Crippen LogP contribution in [0.5, 0.6) is 0 Å². The number of aromatic nitrogens is 1. The molecule has 4 amide bonds. The Kier molecular flexibility index (Phi) is 11.6. The molecule has 218 valence electrons. The molecule has 1 aromatic carbocycles. The number of aromatic amines is 1. The van der Waals surface area contributed by atoms with E-state index in [1.807, 2.05) is 24.3 Å². The summed E-state index contributed by atoms with van der Waals surface area (Å²) in [4.78, 5) is 75.8. The molecule has 0 aliphatic carbocycles. The van der Waals surface area contributed by atoms with Crippen LogP contribution in [0, 0.1) is 5.92 Å². The predicted molar refractivity (Wildman–Crippen MR) is 144 cm³/mol. The zero-order chi connectivity index (χ0) is 30.0. The number of para-hydroxylation sites is 1. The van der Waals surface area contributed by atoms with Crippen LogP contribution in [0.1, 0.15) is 45.1 Å². The van der Waals surface area contributed by atoms with Gasteiger partial charge in [-0.25, -0.2) is 4.79 Å². The van der Waals surface area contributed by atoms with Gasteiger partial charge >= 0.3 is 11.9 Å². The maximum absolute atomic E-state index is 13.1. The molecule has 0 fully saturated rings. The summed E-state index contributed by atoms with van der Waals surface area (Å²) >= 11 is 0. The van der Waals surface area contributed by atoms with Crippen LogP contribution in [0.3, 0.4) is 0 Å². The van der Waals surface area contributed by atoms with Crippen LogP contribution in [0.25, 0.3) is 10.9 Å². The highest BCUT2D eigenvalue weighted by Gasteiger charge is 2.32. The smallest absolute Gasteiger partial charge is 0.326 e. The number of carboxylic acid groups (broad SMARTS) is 2. The topological polar surface area (TPSA) is 247 Å². The van der Waals surface area contributed by atoms with Gasteiger partial charge in [0, 0.05) is 29.9 Å². The Bertz CT molecular complexity index is 1240. The van der Waals surface area contributed by atoms with E-state index < -0.39 is 72.1 Å². The molecular formula is C26H36N6O8. The molecule has 0 radical (unpaired) electrons. The van der Waals surface area contributed by atoms with E-state index in [4.69, 9.17) is 16.6 Å². The molecule has 10 N–H and O–H groups in total. The number of carbonyl (C=O) groups excluding carboxylic acids is 4. The summed E-state index contributed by atoms with van der Waals surface area (Å²) in [5, 5.41) is 26.6. The molecule has 2 aromatic rings. The number of amides is 4. The molecule has 14 nitrogen and oxygen atoms in total. The number of primary amides is 1. The summed E-state index contributed by atoms with van der Waals surface area (Å²) in [6.07, 6.45) is 0.602. The number of hydrogen-bond donors (Lipinski definition) is 8. The number of aliphatic carboxylic acids is 2. The number of hydrogen-bond acceptors (Lipinski definition) is 7. The minimum absolute atomic E-state index is 0.141. The van der Waals surface area contributed by atoms with Crippen molar-refractivity contribution in [1.82, 2.24) is 20.9 Å². The maximum atomic E-state index is 13.1. The molecule has 4 unspecified atom stereocenters. The molecule has 0 aliphatic heterocycles. The van der Waals surface area contributed by atoms with Gasteiger partial charge in [-0.2, -0.15) is 0 Å². The molecule has 0 bridgehead atoms. The highest BCUT2D eigenvalue weighted by Crippen LogP contribution is 2.19. The van der Waals surface area contributed by atoms with Crippen LogP contribution in [0.15, 0.2) is 30.5 Å². The van der Waals surface area contributed by atoms with Gasteiger partial charge in [0.15, 0.2) is 0 Å². The highest BCUT2D eigenvalue weighted by molar-refractivity contribution is 5.95. The zero-order valence-electron chi connectivity index (χ0n) is 22.3. The summed E-state index contributed by atoms with van der Waals surface area (Å²) < 4.78 is 0. The van der Waals surface area contributed by atoms with E-state index in [1.165, 1.54) is 0 Å². The zero-order valence-corrected chi connectivity index (χ0v) is 22.3. The lowest BCUT2D eigenvalue weighted by Gasteiger charge is -2.27. The van der Waals surface area contributed by atoms with Gasteiger partial charge in [-0.1, -0.05) is 32.0 Å². The van der Waals surface area contributed by atoms with E-state index in [-0.39, 0.29) is 25.7 Å². The van der Waals surface area contributed by atoms with Crippen molar-refractivity contribution < 1.29 is 39.0 Å². The lowest BCUT2D eigenvalue weighted by atomic mass is 10.0. The monoisotopic (exact) mass is 560 g/mol.